The predicted octanol–water partition coefficient (Wildman–Crippen LogP) is 4.15. The molecule has 19 heavy (non-hydrogen) atoms. The predicted molar refractivity (Wildman–Crippen MR) is 82.3 cm³/mol. The van der Waals surface area contributed by atoms with Crippen LogP contribution in [-0.2, 0) is 6.42 Å². The average Bonchev–Trinajstić information content (AvgIpc) is 2.38. The smallest absolute Gasteiger partial charge is 0.0670 e. The summed E-state index contributed by atoms with van der Waals surface area (Å²) in [6.07, 6.45) is 0.318. The van der Waals surface area contributed by atoms with Crippen LogP contribution in [0.2, 0.25) is 0 Å². The van der Waals surface area contributed by atoms with Crippen LogP contribution in [-0.4, -0.2) is 0 Å². The SMILES string of the molecule is Cc1ccc(Nc2ccc(N)c(CC#N)c2)cc1Br. The summed E-state index contributed by atoms with van der Waals surface area (Å²) >= 11 is 3.51. The van der Waals surface area contributed by atoms with Gasteiger partial charge in [0.1, 0.15) is 0 Å². The molecule has 0 saturated carbocycles. The van der Waals surface area contributed by atoms with Gasteiger partial charge in [-0.15, -0.1) is 0 Å². The number of nitrogen functional groups attached to an aromatic ring is 1. The van der Waals surface area contributed by atoms with Crippen molar-refractivity contribution in [1.82, 2.24) is 0 Å². The number of anilines is 3. The number of nitrogens with one attached hydrogen (secondary N) is 1. The molecule has 0 aliphatic heterocycles. The molecule has 0 spiro atoms. The number of aryl methyl sites for hydroxylation is 1. The average molecular weight is 316 g/mol. The third-order valence-electron chi connectivity index (χ3n) is 2.87. The molecule has 0 radical (unpaired) electrons. The van der Waals surface area contributed by atoms with Gasteiger partial charge in [0.05, 0.1) is 12.5 Å². The van der Waals surface area contributed by atoms with Crippen LogP contribution in [0.1, 0.15) is 11.1 Å². The van der Waals surface area contributed by atoms with Crippen molar-refractivity contribution in [3.63, 3.8) is 0 Å². The third-order valence-corrected chi connectivity index (χ3v) is 3.73. The second-order valence-corrected chi connectivity index (χ2v) is 5.19. The number of hydrogen-bond acceptors (Lipinski definition) is 3. The Morgan fingerprint density at radius 3 is 2.58 bits per heavy atom. The molecule has 2 rings (SSSR count). The summed E-state index contributed by atoms with van der Waals surface area (Å²) in [7, 11) is 0. The molecule has 0 aliphatic carbocycles. The fourth-order valence-electron chi connectivity index (χ4n) is 1.76. The second-order valence-electron chi connectivity index (χ2n) is 4.34. The molecular formula is C15H14BrN3. The van der Waals surface area contributed by atoms with E-state index in [-0.39, 0.29) is 0 Å². The summed E-state index contributed by atoms with van der Waals surface area (Å²) < 4.78 is 1.06. The number of rotatable bonds is 3. The van der Waals surface area contributed by atoms with E-state index in [1.165, 1.54) is 5.56 Å². The summed E-state index contributed by atoms with van der Waals surface area (Å²) in [5.41, 5.74) is 10.4. The maximum absolute atomic E-state index is 8.76. The Hall–Kier alpha value is -1.99. The summed E-state index contributed by atoms with van der Waals surface area (Å²) in [5.74, 6) is 0. The lowest BCUT2D eigenvalue weighted by Gasteiger charge is -2.10. The van der Waals surface area contributed by atoms with E-state index in [1.54, 1.807) is 0 Å². The Morgan fingerprint density at radius 1 is 1.21 bits per heavy atom. The van der Waals surface area contributed by atoms with E-state index in [9.17, 15) is 0 Å². The Morgan fingerprint density at radius 2 is 1.89 bits per heavy atom. The van der Waals surface area contributed by atoms with Gasteiger partial charge in [-0.1, -0.05) is 22.0 Å². The molecule has 0 atom stereocenters. The van der Waals surface area contributed by atoms with Crippen LogP contribution in [0.4, 0.5) is 17.1 Å². The second kappa shape index (κ2) is 5.77. The van der Waals surface area contributed by atoms with Gasteiger partial charge in [-0.3, -0.25) is 0 Å². The molecule has 0 amide bonds. The zero-order valence-corrected chi connectivity index (χ0v) is 12.2. The van der Waals surface area contributed by atoms with E-state index in [2.05, 4.69) is 27.3 Å². The highest BCUT2D eigenvalue weighted by Gasteiger charge is 2.02. The van der Waals surface area contributed by atoms with Crippen molar-refractivity contribution in [2.75, 3.05) is 11.1 Å². The zero-order chi connectivity index (χ0) is 13.8. The van der Waals surface area contributed by atoms with Gasteiger partial charge in [0.2, 0.25) is 0 Å². The van der Waals surface area contributed by atoms with Crippen LogP contribution in [0.15, 0.2) is 40.9 Å². The number of benzene rings is 2. The highest BCUT2D eigenvalue weighted by atomic mass is 79.9. The van der Waals surface area contributed by atoms with E-state index in [0.29, 0.717) is 12.1 Å². The molecule has 0 unspecified atom stereocenters. The number of halogens is 1. The van der Waals surface area contributed by atoms with Crippen LogP contribution < -0.4 is 11.1 Å². The van der Waals surface area contributed by atoms with Gasteiger partial charge in [0.15, 0.2) is 0 Å². The van der Waals surface area contributed by atoms with Gasteiger partial charge < -0.3 is 11.1 Å². The molecule has 0 aromatic heterocycles. The third kappa shape index (κ3) is 3.27. The normalized spacial score (nSPS) is 9.95. The lowest BCUT2D eigenvalue weighted by molar-refractivity contribution is 1.27. The molecule has 3 nitrogen and oxygen atoms in total. The van der Waals surface area contributed by atoms with Crippen LogP contribution >= 0.6 is 15.9 Å². The topological polar surface area (TPSA) is 61.8 Å². The van der Waals surface area contributed by atoms with E-state index in [0.717, 1.165) is 21.4 Å². The van der Waals surface area contributed by atoms with Gasteiger partial charge in [-0.05, 0) is 48.4 Å². The van der Waals surface area contributed by atoms with Crippen LogP contribution in [0.5, 0.6) is 0 Å². The highest BCUT2D eigenvalue weighted by molar-refractivity contribution is 9.10. The van der Waals surface area contributed by atoms with Gasteiger partial charge in [0.25, 0.3) is 0 Å². The summed E-state index contributed by atoms with van der Waals surface area (Å²) in [6.45, 7) is 2.04. The van der Waals surface area contributed by atoms with Crippen molar-refractivity contribution in [2.24, 2.45) is 0 Å². The molecular weight excluding hydrogens is 302 g/mol. The summed E-state index contributed by atoms with van der Waals surface area (Å²) in [6, 6.07) is 13.8. The minimum absolute atomic E-state index is 0.318. The molecule has 0 bridgehead atoms. The minimum atomic E-state index is 0.318. The number of nitrogens with two attached hydrogens (primary N) is 1. The monoisotopic (exact) mass is 315 g/mol. The number of nitriles is 1. The maximum Gasteiger partial charge on any atom is 0.0670 e. The molecule has 2 aromatic carbocycles. The van der Waals surface area contributed by atoms with Crippen molar-refractivity contribution in [3.8, 4) is 6.07 Å². The minimum Gasteiger partial charge on any atom is -0.398 e. The van der Waals surface area contributed by atoms with Crippen molar-refractivity contribution in [1.29, 1.82) is 5.26 Å². The summed E-state index contributed by atoms with van der Waals surface area (Å²) in [5, 5.41) is 12.1. The standard InChI is InChI=1S/C15H14BrN3/c1-10-2-3-13(9-14(10)16)19-12-4-5-15(18)11(8-12)6-7-17/h2-5,8-9,19H,6,18H2,1H3. The lowest BCUT2D eigenvalue weighted by atomic mass is 10.1. The fourth-order valence-corrected chi connectivity index (χ4v) is 2.14. The van der Waals surface area contributed by atoms with E-state index < -0.39 is 0 Å². The van der Waals surface area contributed by atoms with Crippen LogP contribution in [0.25, 0.3) is 0 Å². The van der Waals surface area contributed by atoms with Crippen molar-refractivity contribution < 1.29 is 0 Å². The Labute approximate surface area is 121 Å². The lowest BCUT2D eigenvalue weighted by Crippen LogP contribution is -1.96. The number of nitrogens with zero attached hydrogens (tertiary/aromatic N) is 1. The molecule has 2 aromatic rings. The molecule has 0 aliphatic rings. The molecule has 0 fully saturated rings. The first-order valence-electron chi connectivity index (χ1n) is 5.88. The first kappa shape index (κ1) is 13.4. The van der Waals surface area contributed by atoms with Crippen molar-refractivity contribution in [3.05, 3.63) is 52.0 Å². The van der Waals surface area contributed by atoms with Crippen molar-refractivity contribution in [2.45, 2.75) is 13.3 Å². The first-order valence-corrected chi connectivity index (χ1v) is 6.68. The number of hydrogen-bond donors (Lipinski definition) is 2. The van der Waals surface area contributed by atoms with Crippen molar-refractivity contribution >= 4 is 33.0 Å². The molecule has 0 heterocycles. The Bertz CT molecular complexity index is 644. The summed E-state index contributed by atoms with van der Waals surface area (Å²) in [4.78, 5) is 0. The van der Waals surface area contributed by atoms with Gasteiger partial charge in [-0.25, -0.2) is 0 Å². The van der Waals surface area contributed by atoms with E-state index >= 15 is 0 Å². The fraction of sp³-hybridized carbons (Fsp3) is 0.133. The van der Waals surface area contributed by atoms with E-state index in [1.807, 2.05) is 43.3 Å². The maximum atomic E-state index is 8.76. The molecule has 0 saturated heterocycles. The highest BCUT2D eigenvalue weighted by Crippen LogP contribution is 2.25. The van der Waals surface area contributed by atoms with Gasteiger partial charge >= 0.3 is 0 Å². The van der Waals surface area contributed by atoms with Crippen LogP contribution in [0.3, 0.4) is 0 Å². The first-order chi connectivity index (χ1) is 9.10. The Kier molecular flexibility index (Phi) is 4.08. The van der Waals surface area contributed by atoms with Gasteiger partial charge in [-0.2, -0.15) is 5.26 Å². The van der Waals surface area contributed by atoms with Gasteiger partial charge in [0, 0.05) is 21.5 Å². The van der Waals surface area contributed by atoms with Crippen LogP contribution in [0, 0.1) is 18.3 Å². The molecule has 4 heteroatoms. The zero-order valence-electron chi connectivity index (χ0n) is 10.6. The Balaban J connectivity index is 2.25. The van der Waals surface area contributed by atoms with E-state index in [4.69, 9.17) is 11.0 Å². The quantitative estimate of drug-likeness (QED) is 0.836. The largest absolute Gasteiger partial charge is 0.398 e. The molecule has 96 valence electrons. The molecule has 3 N–H and O–H groups in total.